The molecule has 0 unspecified atom stereocenters. The Balaban J connectivity index is 2.60. The number of aromatic nitrogens is 2. The van der Waals surface area contributed by atoms with Gasteiger partial charge in [0.15, 0.2) is 0 Å². The van der Waals surface area contributed by atoms with Crippen LogP contribution in [0.4, 0.5) is 5.82 Å². The van der Waals surface area contributed by atoms with Crippen molar-refractivity contribution < 1.29 is 4.18 Å². The lowest BCUT2D eigenvalue weighted by atomic mass is 10.2. The summed E-state index contributed by atoms with van der Waals surface area (Å²) in [7, 11) is 0. The van der Waals surface area contributed by atoms with Crippen molar-refractivity contribution in [2.75, 3.05) is 12.0 Å². The van der Waals surface area contributed by atoms with Crippen LogP contribution in [0, 0.1) is 6.92 Å². The molecule has 78 valence electrons. The second kappa shape index (κ2) is 3.94. The zero-order valence-electron chi connectivity index (χ0n) is 8.52. The van der Waals surface area contributed by atoms with Gasteiger partial charge in [-0.25, -0.2) is 9.97 Å². The molecule has 0 radical (unpaired) electrons. The van der Waals surface area contributed by atoms with E-state index in [0.29, 0.717) is 11.6 Å². The molecule has 0 saturated heterocycles. The SMILES string of the molecule is CSOc1ccc2c(N)nc(C)nc2c1. The van der Waals surface area contributed by atoms with Gasteiger partial charge in [-0.2, -0.15) is 0 Å². The van der Waals surface area contributed by atoms with Crippen molar-refractivity contribution in [1.82, 2.24) is 9.97 Å². The minimum atomic E-state index is 0.508. The van der Waals surface area contributed by atoms with Gasteiger partial charge in [0.2, 0.25) is 0 Å². The Kier molecular flexibility index (Phi) is 2.64. The summed E-state index contributed by atoms with van der Waals surface area (Å²) in [6.07, 6.45) is 1.86. The van der Waals surface area contributed by atoms with E-state index < -0.39 is 0 Å². The molecule has 5 heteroatoms. The number of aryl methyl sites for hydroxylation is 1. The third kappa shape index (κ3) is 1.97. The zero-order valence-corrected chi connectivity index (χ0v) is 9.34. The minimum absolute atomic E-state index is 0.508. The maximum Gasteiger partial charge on any atom is 0.139 e. The van der Waals surface area contributed by atoms with E-state index in [2.05, 4.69) is 9.97 Å². The number of hydrogen-bond donors (Lipinski definition) is 1. The van der Waals surface area contributed by atoms with Gasteiger partial charge < -0.3 is 9.92 Å². The Morgan fingerprint density at radius 2 is 2.13 bits per heavy atom. The first kappa shape index (κ1) is 10.0. The highest BCUT2D eigenvalue weighted by atomic mass is 32.2. The van der Waals surface area contributed by atoms with Gasteiger partial charge in [-0.15, -0.1) is 0 Å². The minimum Gasteiger partial charge on any atom is -0.426 e. The van der Waals surface area contributed by atoms with Crippen LogP contribution in [0.1, 0.15) is 5.82 Å². The quantitative estimate of drug-likeness (QED) is 0.787. The Bertz CT molecular complexity index is 501. The van der Waals surface area contributed by atoms with E-state index in [1.165, 1.54) is 12.0 Å². The standard InChI is InChI=1S/C10H11N3OS/c1-6-12-9-5-7(14-15-2)3-4-8(9)10(11)13-6/h3-5H,1-2H3,(H2,11,12,13). The molecular formula is C10H11N3OS. The number of nitrogens with two attached hydrogens (primary N) is 1. The third-order valence-corrected chi connectivity index (χ3v) is 2.35. The average molecular weight is 221 g/mol. The molecule has 15 heavy (non-hydrogen) atoms. The molecule has 0 atom stereocenters. The van der Waals surface area contributed by atoms with E-state index in [4.69, 9.17) is 9.92 Å². The number of rotatable bonds is 2. The molecular weight excluding hydrogens is 210 g/mol. The number of nitrogen functional groups attached to an aromatic ring is 1. The maximum atomic E-state index is 5.78. The summed E-state index contributed by atoms with van der Waals surface area (Å²) in [6.45, 7) is 1.82. The first-order chi connectivity index (χ1) is 7.20. The van der Waals surface area contributed by atoms with Crippen molar-refractivity contribution in [3.8, 4) is 5.75 Å². The highest BCUT2D eigenvalue weighted by Gasteiger charge is 2.04. The van der Waals surface area contributed by atoms with Crippen LogP contribution < -0.4 is 9.92 Å². The van der Waals surface area contributed by atoms with E-state index in [-0.39, 0.29) is 0 Å². The van der Waals surface area contributed by atoms with Crippen LogP contribution in [-0.4, -0.2) is 16.2 Å². The zero-order chi connectivity index (χ0) is 10.8. The topological polar surface area (TPSA) is 61.0 Å². The number of hydrogen-bond acceptors (Lipinski definition) is 5. The van der Waals surface area contributed by atoms with Crippen LogP contribution in [0.5, 0.6) is 5.75 Å². The van der Waals surface area contributed by atoms with E-state index >= 15 is 0 Å². The molecule has 1 heterocycles. The Labute approximate surface area is 92.1 Å². The van der Waals surface area contributed by atoms with Gasteiger partial charge in [0.25, 0.3) is 0 Å². The maximum absolute atomic E-state index is 5.78. The highest BCUT2D eigenvalue weighted by Crippen LogP contribution is 2.24. The molecule has 1 aromatic heterocycles. The molecule has 0 aliphatic heterocycles. The molecule has 0 bridgehead atoms. The Morgan fingerprint density at radius 1 is 1.33 bits per heavy atom. The fourth-order valence-corrected chi connectivity index (χ4v) is 1.70. The van der Waals surface area contributed by atoms with Crippen LogP contribution in [-0.2, 0) is 0 Å². The fourth-order valence-electron chi connectivity index (χ4n) is 1.40. The van der Waals surface area contributed by atoms with Crippen molar-refractivity contribution in [2.45, 2.75) is 6.92 Å². The summed E-state index contributed by atoms with van der Waals surface area (Å²) in [5.74, 6) is 1.95. The molecule has 2 N–H and O–H groups in total. The van der Waals surface area contributed by atoms with Gasteiger partial charge in [0.05, 0.1) is 17.6 Å². The molecule has 0 spiro atoms. The van der Waals surface area contributed by atoms with Crippen molar-refractivity contribution in [3.63, 3.8) is 0 Å². The summed E-state index contributed by atoms with van der Waals surface area (Å²) in [5, 5.41) is 0.856. The first-order valence-electron chi connectivity index (χ1n) is 4.45. The van der Waals surface area contributed by atoms with Crippen LogP contribution >= 0.6 is 12.0 Å². The van der Waals surface area contributed by atoms with Gasteiger partial charge in [-0.1, -0.05) is 0 Å². The Hall–Kier alpha value is -1.49. The Morgan fingerprint density at radius 3 is 2.87 bits per heavy atom. The molecule has 2 aromatic rings. The van der Waals surface area contributed by atoms with Crippen molar-refractivity contribution in [3.05, 3.63) is 24.0 Å². The number of fused-ring (bicyclic) bond motifs is 1. The van der Waals surface area contributed by atoms with E-state index in [1.54, 1.807) is 0 Å². The lowest BCUT2D eigenvalue weighted by molar-refractivity contribution is 0.651. The van der Waals surface area contributed by atoms with Crippen LogP contribution in [0.15, 0.2) is 18.2 Å². The summed E-state index contributed by atoms with van der Waals surface area (Å²) in [6, 6.07) is 5.58. The van der Waals surface area contributed by atoms with Gasteiger partial charge in [0.1, 0.15) is 17.4 Å². The van der Waals surface area contributed by atoms with Gasteiger partial charge in [0, 0.05) is 17.7 Å². The van der Waals surface area contributed by atoms with Crippen molar-refractivity contribution in [2.24, 2.45) is 0 Å². The summed E-state index contributed by atoms with van der Waals surface area (Å²) in [4.78, 5) is 8.40. The molecule has 0 aliphatic carbocycles. The monoisotopic (exact) mass is 221 g/mol. The average Bonchev–Trinajstić information content (AvgIpc) is 2.17. The first-order valence-corrected chi connectivity index (χ1v) is 5.60. The van der Waals surface area contributed by atoms with Crippen LogP contribution in [0.3, 0.4) is 0 Å². The number of benzene rings is 1. The molecule has 2 rings (SSSR count). The van der Waals surface area contributed by atoms with E-state index in [1.807, 2.05) is 31.4 Å². The smallest absolute Gasteiger partial charge is 0.139 e. The van der Waals surface area contributed by atoms with Gasteiger partial charge in [-0.3, -0.25) is 0 Å². The summed E-state index contributed by atoms with van der Waals surface area (Å²) >= 11 is 1.30. The highest BCUT2D eigenvalue weighted by molar-refractivity contribution is 7.94. The van der Waals surface area contributed by atoms with Crippen LogP contribution in [0.25, 0.3) is 10.9 Å². The van der Waals surface area contributed by atoms with E-state index in [0.717, 1.165) is 16.7 Å². The second-order valence-corrected chi connectivity index (χ2v) is 3.59. The number of nitrogens with zero attached hydrogens (tertiary/aromatic N) is 2. The van der Waals surface area contributed by atoms with E-state index in [9.17, 15) is 0 Å². The van der Waals surface area contributed by atoms with Crippen LogP contribution in [0.2, 0.25) is 0 Å². The largest absolute Gasteiger partial charge is 0.426 e. The lowest BCUT2D eigenvalue weighted by Crippen LogP contribution is -1.97. The molecule has 0 aliphatic rings. The molecule has 0 amide bonds. The molecule has 4 nitrogen and oxygen atoms in total. The molecule has 1 aromatic carbocycles. The number of anilines is 1. The third-order valence-electron chi connectivity index (χ3n) is 1.99. The predicted molar refractivity (Wildman–Crippen MR) is 62.8 cm³/mol. The van der Waals surface area contributed by atoms with Gasteiger partial charge >= 0.3 is 0 Å². The molecule has 0 saturated carbocycles. The fraction of sp³-hybridized carbons (Fsp3) is 0.200. The second-order valence-electron chi connectivity index (χ2n) is 3.09. The predicted octanol–water partition coefficient (Wildman–Crippen LogP) is 2.18. The van der Waals surface area contributed by atoms with Crippen molar-refractivity contribution >= 4 is 28.8 Å². The van der Waals surface area contributed by atoms with Crippen molar-refractivity contribution in [1.29, 1.82) is 0 Å². The summed E-state index contributed by atoms with van der Waals surface area (Å²) in [5.41, 5.74) is 6.60. The summed E-state index contributed by atoms with van der Waals surface area (Å²) < 4.78 is 5.31. The lowest BCUT2D eigenvalue weighted by Gasteiger charge is -2.05. The molecule has 0 fully saturated rings. The normalized spacial score (nSPS) is 10.5. The van der Waals surface area contributed by atoms with Gasteiger partial charge in [-0.05, 0) is 19.1 Å².